The van der Waals surface area contributed by atoms with E-state index in [9.17, 15) is 35.2 Å². The van der Waals surface area contributed by atoms with E-state index in [4.69, 9.17) is 14.9 Å². The largest absolute Gasteiger partial charge is 0.470 e. The van der Waals surface area contributed by atoms with Crippen molar-refractivity contribution < 1.29 is 54.6 Å². The van der Waals surface area contributed by atoms with Gasteiger partial charge in [-0.15, -0.1) is 0 Å². The van der Waals surface area contributed by atoms with Gasteiger partial charge in [-0.2, -0.15) is 0 Å². The number of aliphatic hydroxyl groups is 7. The molecular weight excluding hydrogens is 315 g/mol. The molecule has 0 saturated heterocycles. The fourth-order valence-electron chi connectivity index (χ4n) is 2.37. The molecule has 0 aromatic heterocycles. The molecule has 126 valence electrons. The first kappa shape index (κ1) is 18.9. The van der Waals surface area contributed by atoms with Crippen molar-refractivity contribution in [1.29, 1.82) is 0 Å². The normalized spacial score (nSPS) is 42.8. The predicted octanol–water partition coefficient (Wildman–Crippen LogP) is -4.60. The molecule has 1 aliphatic carbocycles. The van der Waals surface area contributed by atoms with Crippen LogP contribution in [0.5, 0.6) is 0 Å². The summed E-state index contributed by atoms with van der Waals surface area (Å²) in [6.45, 7) is -0.902. The Balaban J connectivity index is 3.27. The zero-order chi connectivity index (χ0) is 16.6. The van der Waals surface area contributed by atoms with Gasteiger partial charge < -0.3 is 45.5 Å². The predicted molar refractivity (Wildman–Crippen MR) is 63.6 cm³/mol. The zero-order valence-electron chi connectivity index (χ0n) is 10.7. The van der Waals surface area contributed by atoms with Crippen LogP contribution in [0.3, 0.4) is 0 Å². The van der Waals surface area contributed by atoms with Crippen molar-refractivity contribution in [2.75, 3.05) is 6.61 Å². The van der Waals surface area contributed by atoms with Gasteiger partial charge in [-0.3, -0.25) is 4.52 Å². The highest BCUT2D eigenvalue weighted by atomic mass is 31.2. The highest BCUT2D eigenvalue weighted by molar-refractivity contribution is 7.46. The summed E-state index contributed by atoms with van der Waals surface area (Å²) in [7, 11) is -5.33. The third kappa shape index (κ3) is 3.78. The Morgan fingerprint density at radius 2 is 1.43 bits per heavy atom. The van der Waals surface area contributed by atoms with E-state index in [-0.39, 0.29) is 0 Å². The molecule has 0 aromatic rings. The van der Waals surface area contributed by atoms with Gasteiger partial charge >= 0.3 is 7.82 Å². The van der Waals surface area contributed by atoms with Crippen LogP contribution in [0.2, 0.25) is 0 Å². The van der Waals surface area contributed by atoms with Gasteiger partial charge in [0.25, 0.3) is 0 Å². The standard InChI is InChI=1S/C9H19O11P/c10-2-3(11)1-9(20-21(17,18)19)7(15)5(13)4(12)6(14)8(9)16/h3-8,10-16H,1-2H2,(H2,17,18,19)/t3?,4?,5-,6+,7-,8-,9?/m0/s1. The molecule has 21 heavy (non-hydrogen) atoms. The monoisotopic (exact) mass is 334 g/mol. The quantitative estimate of drug-likeness (QED) is 0.218. The van der Waals surface area contributed by atoms with Crippen LogP contribution in [0.25, 0.3) is 0 Å². The fraction of sp³-hybridized carbons (Fsp3) is 1.00. The van der Waals surface area contributed by atoms with Gasteiger partial charge in [0.15, 0.2) is 0 Å². The highest BCUT2D eigenvalue weighted by Gasteiger charge is 2.61. The maximum Gasteiger partial charge on any atom is 0.470 e. The summed E-state index contributed by atoms with van der Waals surface area (Å²) in [6.07, 6.45) is -13.3. The molecule has 0 bridgehead atoms. The number of phosphoric ester groups is 1. The number of aliphatic hydroxyl groups excluding tert-OH is 7. The van der Waals surface area contributed by atoms with Crippen molar-refractivity contribution >= 4 is 7.82 Å². The lowest BCUT2D eigenvalue weighted by atomic mass is 9.72. The fourth-order valence-corrected chi connectivity index (χ4v) is 3.10. The first-order chi connectivity index (χ1) is 9.46. The first-order valence-corrected chi connectivity index (χ1v) is 7.45. The first-order valence-electron chi connectivity index (χ1n) is 5.92. The molecule has 0 heterocycles. The van der Waals surface area contributed by atoms with Crippen LogP contribution < -0.4 is 0 Å². The van der Waals surface area contributed by atoms with Crippen molar-refractivity contribution in [2.24, 2.45) is 0 Å². The molecule has 0 aromatic carbocycles. The minimum atomic E-state index is -5.33. The Bertz CT molecular complexity index is 381. The van der Waals surface area contributed by atoms with Crippen LogP contribution >= 0.6 is 7.82 Å². The molecule has 0 spiro atoms. The Morgan fingerprint density at radius 1 is 1.00 bits per heavy atom. The van der Waals surface area contributed by atoms with Gasteiger partial charge in [-0.25, -0.2) is 4.57 Å². The van der Waals surface area contributed by atoms with E-state index in [1.807, 2.05) is 0 Å². The lowest BCUT2D eigenvalue weighted by Crippen LogP contribution is -2.72. The van der Waals surface area contributed by atoms with Gasteiger partial charge in [0.1, 0.15) is 36.1 Å². The second-order valence-corrected chi connectivity index (χ2v) is 6.10. The lowest BCUT2D eigenvalue weighted by molar-refractivity contribution is -0.269. The summed E-state index contributed by atoms with van der Waals surface area (Å²) >= 11 is 0. The minimum Gasteiger partial charge on any atom is -0.394 e. The summed E-state index contributed by atoms with van der Waals surface area (Å²) in [6, 6.07) is 0. The molecule has 3 unspecified atom stereocenters. The Morgan fingerprint density at radius 3 is 1.76 bits per heavy atom. The van der Waals surface area contributed by atoms with E-state index < -0.39 is 63.1 Å². The van der Waals surface area contributed by atoms with Gasteiger partial charge in [-0.05, 0) is 0 Å². The average Bonchev–Trinajstić information content (AvgIpc) is 2.39. The topological polar surface area (TPSA) is 208 Å². The van der Waals surface area contributed by atoms with E-state index >= 15 is 0 Å². The summed E-state index contributed by atoms with van der Waals surface area (Å²) in [5, 5.41) is 66.7. The van der Waals surface area contributed by atoms with E-state index in [0.29, 0.717) is 0 Å². The van der Waals surface area contributed by atoms with E-state index in [0.717, 1.165) is 0 Å². The molecule has 12 heteroatoms. The maximum absolute atomic E-state index is 11.0. The number of hydrogen-bond donors (Lipinski definition) is 9. The summed E-state index contributed by atoms with van der Waals surface area (Å²) in [5.74, 6) is 0. The van der Waals surface area contributed by atoms with Crippen LogP contribution in [-0.2, 0) is 9.09 Å². The van der Waals surface area contributed by atoms with Crippen LogP contribution in [0.4, 0.5) is 0 Å². The molecule has 0 amide bonds. The maximum atomic E-state index is 11.0. The van der Waals surface area contributed by atoms with Crippen molar-refractivity contribution in [2.45, 2.75) is 48.6 Å². The van der Waals surface area contributed by atoms with Crippen LogP contribution in [-0.4, -0.2) is 94.4 Å². The Kier molecular flexibility index (Phi) is 5.86. The molecule has 1 saturated carbocycles. The third-order valence-corrected chi connectivity index (χ3v) is 3.98. The van der Waals surface area contributed by atoms with Crippen molar-refractivity contribution in [3.63, 3.8) is 0 Å². The average molecular weight is 334 g/mol. The Hall–Kier alpha value is -0.170. The highest BCUT2D eigenvalue weighted by Crippen LogP contribution is 2.49. The van der Waals surface area contributed by atoms with Crippen molar-refractivity contribution in [3.05, 3.63) is 0 Å². The SMILES string of the molecule is O=P(O)(O)OC1(CC(O)CO)[C@@H](O)[C@H](O)C(O)[C@H](O)[C@@H]1O. The summed E-state index contributed by atoms with van der Waals surface area (Å²) < 4.78 is 15.4. The molecule has 11 nitrogen and oxygen atoms in total. The lowest BCUT2D eigenvalue weighted by Gasteiger charge is -2.50. The van der Waals surface area contributed by atoms with Gasteiger partial charge in [0, 0.05) is 6.42 Å². The van der Waals surface area contributed by atoms with Crippen molar-refractivity contribution in [1.82, 2.24) is 0 Å². The van der Waals surface area contributed by atoms with Gasteiger partial charge in [-0.1, -0.05) is 0 Å². The van der Waals surface area contributed by atoms with Gasteiger partial charge in [0.05, 0.1) is 12.7 Å². The second-order valence-electron chi connectivity index (χ2n) is 4.94. The molecule has 9 N–H and O–H groups in total. The van der Waals surface area contributed by atoms with Crippen LogP contribution in [0.1, 0.15) is 6.42 Å². The third-order valence-electron chi connectivity index (χ3n) is 3.40. The summed E-state index contributed by atoms with van der Waals surface area (Å²) in [5.41, 5.74) is -2.70. The zero-order valence-corrected chi connectivity index (χ0v) is 11.6. The molecule has 1 fully saturated rings. The molecule has 0 radical (unpaired) electrons. The van der Waals surface area contributed by atoms with Crippen LogP contribution in [0, 0.1) is 0 Å². The second kappa shape index (κ2) is 6.52. The van der Waals surface area contributed by atoms with E-state index in [1.54, 1.807) is 0 Å². The number of rotatable bonds is 5. The molecule has 1 rings (SSSR count). The smallest absolute Gasteiger partial charge is 0.394 e. The van der Waals surface area contributed by atoms with E-state index in [1.165, 1.54) is 0 Å². The minimum absolute atomic E-state index is 0.902. The number of hydrogen-bond acceptors (Lipinski definition) is 9. The molecule has 0 aliphatic heterocycles. The van der Waals surface area contributed by atoms with Crippen LogP contribution in [0.15, 0.2) is 0 Å². The Labute approximate surface area is 118 Å². The molecule has 7 atom stereocenters. The van der Waals surface area contributed by atoms with E-state index in [2.05, 4.69) is 4.52 Å². The summed E-state index contributed by atoms with van der Waals surface area (Å²) in [4.78, 5) is 17.8. The van der Waals surface area contributed by atoms with Crippen molar-refractivity contribution in [3.8, 4) is 0 Å². The molecular formula is C9H19O11P. The molecule has 1 aliphatic rings. The number of phosphoric acid groups is 1. The van der Waals surface area contributed by atoms with Gasteiger partial charge in [0.2, 0.25) is 0 Å².